The summed E-state index contributed by atoms with van der Waals surface area (Å²) in [5.74, 6) is 1.97. The second-order valence-electron chi connectivity index (χ2n) is 4.76. The van der Waals surface area contributed by atoms with Crippen LogP contribution >= 0.6 is 0 Å². The van der Waals surface area contributed by atoms with E-state index in [4.69, 9.17) is 5.73 Å². The molecule has 0 spiro atoms. The van der Waals surface area contributed by atoms with Crippen molar-refractivity contribution in [2.45, 2.75) is 51.6 Å². The molecule has 100 valence electrons. The monoisotopic (exact) mass is 251 g/mol. The van der Waals surface area contributed by atoms with Crippen molar-refractivity contribution in [3.63, 3.8) is 0 Å². The number of nitrogens with one attached hydrogen (secondary N) is 1. The third kappa shape index (κ3) is 2.87. The summed E-state index contributed by atoms with van der Waals surface area (Å²) in [6.45, 7) is 3.56. The van der Waals surface area contributed by atoms with Crippen molar-refractivity contribution in [2.24, 2.45) is 5.73 Å². The normalized spacial score (nSPS) is 15.4. The third-order valence-electron chi connectivity index (χ3n) is 3.26. The van der Waals surface area contributed by atoms with Crippen molar-refractivity contribution in [1.82, 2.24) is 20.1 Å². The first-order valence-electron chi connectivity index (χ1n) is 6.63. The van der Waals surface area contributed by atoms with Crippen molar-refractivity contribution in [3.8, 4) is 0 Å². The molecule has 6 nitrogen and oxygen atoms in total. The van der Waals surface area contributed by atoms with Gasteiger partial charge in [-0.3, -0.25) is 4.79 Å². The predicted octanol–water partition coefficient (Wildman–Crippen LogP) is 0.531. The van der Waals surface area contributed by atoms with Crippen LogP contribution in [0.5, 0.6) is 0 Å². The van der Waals surface area contributed by atoms with E-state index in [1.54, 1.807) is 0 Å². The molecule has 1 unspecified atom stereocenters. The SMILES string of the molecule is CC(NC(=O)CCCCN)c1nnc2n1CCC2. The number of hydrogen-bond donors (Lipinski definition) is 2. The van der Waals surface area contributed by atoms with Gasteiger partial charge in [-0.15, -0.1) is 10.2 Å². The van der Waals surface area contributed by atoms with Crippen LogP contribution in [0.4, 0.5) is 0 Å². The van der Waals surface area contributed by atoms with Gasteiger partial charge in [-0.25, -0.2) is 0 Å². The van der Waals surface area contributed by atoms with Crippen LogP contribution in [-0.2, 0) is 17.8 Å². The molecule has 2 heterocycles. The van der Waals surface area contributed by atoms with E-state index in [9.17, 15) is 4.79 Å². The standard InChI is InChI=1S/C12H21N5O/c1-9(14-11(18)6-2-3-7-13)12-16-15-10-5-4-8-17(10)12/h9H,2-8,13H2,1H3,(H,14,18). The van der Waals surface area contributed by atoms with E-state index in [2.05, 4.69) is 20.1 Å². The zero-order chi connectivity index (χ0) is 13.0. The fraction of sp³-hybridized carbons (Fsp3) is 0.750. The quantitative estimate of drug-likeness (QED) is 0.722. The number of aryl methyl sites for hydroxylation is 1. The Balaban J connectivity index is 1.87. The molecule has 1 aromatic heterocycles. The molecule has 0 aromatic carbocycles. The Labute approximate surface area is 107 Å². The maximum absolute atomic E-state index is 11.7. The average Bonchev–Trinajstić information content (AvgIpc) is 2.90. The topological polar surface area (TPSA) is 85.8 Å². The summed E-state index contributed by atoms with van der Waals surface area (Å²) in [6.07, 6.45) is 4.37. The maximum Gasteiger partial charge on any atom is 0.220 e. The number of rotatable bonds is 6. The first-order valence-corrected chi connectivity index (χ1v) is 6.63. The first-order chi connectivity index (χ1) is 8.72. The lowest BCUT2D eigenvalue weighted by Gasteiger charge is -2.13. The molecule has 1 aliphatic rings. The summed E-state index contributed by atoms with van der Waals surface area (Å²) in [7, 11) is 0. The molecular weight excluding hydrogens is 230 g/mol. The van der Waals surface area contributed by atoms with Crippen LogP contribution in [0.2, 0.25) is 0 Å². The van der Waals surface area contributed by atoms with Crippen LogP contribution in [0.25, 0.3) is 0 Å². The largest absolute Gasteiger partial charge is 0.346 e. The van der Waals surface area contributed by atoms with Crippen LogP contribution in [0.15, 0.2) is 0 Å². The zero-order valence-corrected chi connectivity index (χ0v) is 10.9. The minimum Gasteiger partial charge on any atom is -0.346 e. The number of carbonyl (C=O) groups excluding carboxylic acids is 1. The van der Waals surface area contributed by atoms with Gasteiger partial charge < -0.3 is 15.6 Å². The van der Waals surface area contributed by atoms with Crippen molar-refractivity contribution in [1.29, 1.82) is 0 Å². The highest BCUT2D eigenvalue weighted by Gasteiger charge is 2.21. The van der Waals surface area contributed by atoms with Crippen LogP contribution in [0, 0.1) is 0 Å². The molecule has 0 bridgehead atoms. The van der Waals surface area contributed by atoms with Crippen LogP contribution in [-0.4, -0.2) is 27.2 Å². The Morgan fingerprint density at radius 3 is 3.11 bits per heavy atom. The van der Waals surface area contributed by atoms with Gasteiger partial charge in [0.05, 0.1) is 6.04 Å². The van der Waals surface area contributed by atoms with Gasteiger partial charge in [0.1, 0.15) is 5.82 Å². The van der Waals surface area contributed by atoms with Gasteiger partial charge in [0.15, 0.2) is 5.82 Å². The lowest BCUT2D eigenvalue weighted by molar-refractivity contribution is -0.121. The van der Waals surface area contributed by atoms with Gasteiger partial charge in [-0.1, -0.05) is 0 Å². The van der Waals surface area contributed by atoms with Gasteiger partial charge in [-0.2, -0.15) is 0 Å². The molecule has 0 aliphatic carbocycles. The van der Waals surface area contributed by atoms with E-state index >= 15 is 0 Å². The third-order valence-corrected chi connectivity index (χ3v) is 3.26. The summed E-state index contributed by atoms with van der Waals surface area (Å²) in [4.78, 5) is 11.7. The molecule has 3 N–H and O–H groups in total. The molecule has 1 aliphatic heterocycles. The molecule has 1 aromatic rings. The van der Waals surface area contributed by atoms with Crippen molar-refractivity contribution < 1.29 is 4.79 Å². The van der Waals surface area contributed by atoms with Crippen molar-refractivity contribution in [3.05, 3.63) is 11.6 Å². The second-order valence-corrected chi connectivity index (χ2v) is 4.76. The van der Waals surface area contributed by atoms with Crippen LogP contribution in [0.1, 0.15) is 50.3 Å². The number of fused-ring (bicyclic) bond motifs is 1. The summed E-state index contributed by atoms with van der Waals surface area (Å²) in [5.41, 5.74) is 5.40. The Hall–Kier alpha value is -1.43. The van der Waals surface area contributed by atoms with Crippen molar-refractivity contribution in [2.75, 3.05) is 6.54 Å². The van der Waals surface area contributed by atoms with Gasteiger partial charge in [0.2, 0.25) is 5.91 Å². The lowest BCUT2D eigenvalue weighted by Crippen LogP contribution is -2.28. The van der Waals surface area contributed by atoms with Crippen LogP contribution in [0.3, 0.4) is 0 Å². The van der Waals surface area contributed by atoms with Crippen molar-refractivity contribution >= 4 is 5.91 Å². The molecule has 0 fully saturated rings. The fourth-order valence-electron chi connectivity index (χ4n) is 2.30. The fourth-order valence-corrected chi connectivity index (χ4v) is 2.30. The number of hydrogen-bond acceptors (Lipinski definition) is 4. The highest BCUT2D eigenvalue weighted by Crippen LogP contribution is 2.18. The highest BCUT2D eigenvalue weighted by atomic mass is 16.1. The number of unbranched alkanes of at least 4 members (excludes halogenated alkanes) is 1. The second kappa shape index (κ2) is 5.95. The van der Waals surface area contributed by atoms with E-state index < -0.39 is 0 Å². The van der Waals surface area contributed by atoms with Gasteiger partial charge in [-0.05, 0) is 32.7 Å². The van der Waals surface area contributed by atoms with Gasteiger partial charge in [0.25, 0.3) is 0 Å². The average molecular weight is 251 g/mol. The predicted molar refractivity (Wildman–Crippen MR) is 67.8 cm³/mol. The summed E-state index contributed by atoms with van der Waals surface area (Å²) in [5, 5.41) is 11.3. The van der Waals surface area contributed by atoms with E-state index in [-0.39, 0.29) is 11.9 Å². The highest BCUT2D eigenvalue weighted by molar-refractivity contribution is 5.76. The summed E-state index contributed by atoms with van der Waals surface area (Å²) >= 11 is 0. The molecule has 0 radical (unpaired) electrons. The Bertz CT molecular complexity index is 415. The van der Waals surface area contributed by atoms with E-state index in [0.717, 1.165) is 43.9 Å². The number of amides is 1. The summed E-state index contributed by atoms with van der Waals surface area (Å²) in [6, 6.07) is -0.0743. The lowest BCUT2D eigenvalue weighted by atomic mass is 10.2. The number of carbonyl (C=O) groups is 1. The number of aromatic nitrogens is 3. The minimum absolute atomic E-state index is 0.0614. The molecule has 6 heteroatoms. The molecule has 0 saturated heterocycles. The minimum atomic E-state index is -0.0743. The molecule has 0 saturated carbocycles. The smallest absolute Gasteiger partial charge is 0.220 e. The van der Waals surface area contributed by atoms with E-state index in [1.165, 1.54) is 0 Å². The van der Waals surface area contributed by atoms with E-state index in [0.29, 0.717) is 13.0 Å². The molecule has 1 amide bonds. The number of nitrogens with zero attached hydrogens (tertiary/aromatic N) is 3. The molecule has 1 atom stereocenters. The maximum atomic E-state index is 11.7. The van der Waals surface area contributed by atoms with Gasteiger partial charge >= 0.3 is 0 Å². The van der Waals surface area contributed by atoms with Crippen LogP contribution < -0.4 is 11.1 Å². The Morgan fingerprint density at radius 1 is 1.50 bits per heavy atom. The number of nitrogens with two attached hydrogens (primary N) is 1. The zero-order valence-electron chi connectivity index (χ0n) is 10.9. The van der Waals surface area contributed by atoms with E-state index in [1.807, 2.05) is 6.92 Å². The van der Waals surface area contributed by atoms with Gasteiger partial charge in [0, 0.05) is 19.4 Å². The first kappa shape index (κ1) is 13.0. The Morgan fingerprint density at radius 2 is 2.33 bits per heavy atom. The molecular formula is C12H21N5O. The molecule has 18 heavy (non-hydrogen) atoms. The summed E-state index contributed by atoms with van der Waals surface area (Å²) < 4.78 is 2.12. The molecule has 2 rings (SSSR count). The Kier molecular flexibility index (Phi) is 4.30.